The van der Waals surface area contributed by atoms with E-state index in [9.17, 15) is 18.8 Å². The second-order valence-electron chi connectivity index (χ2n) is 6.41. The fraction of sp³-hybridized carbons (Fsp3) is 0.0952. The van der Waals surface area contributed by atoms with Gasteiger partial charge in [-0.1, -0.05) is 24.3 Å². The number of benzene rings is 2. The Morgan fingerprint density at radius 3 is 2.57 bits per heavy atom. The number of thiophene rings is 1. The van der Waals surface area contributed by atoms with Gasteiger partial charge in [0.2, 0.25) is 5.91 Å². The molecule has 7 nitrogen and oxygen atoms in total. The van der Waals surface area contributed by atoms with E-state index in [1.165, 1.54) is 28.0 Å². The van der Waals surface area contributed by atoms with Gasteiger partial charge in [-0.15, -0.1) is 11.3 Å². The van der Waals surface area contributed by atoms with Gasteiger partial charge in [-0.3, -0.25) is 25.0 Å². The van der Waals surface area contributed by atoms with Gasteiger partial charge in [0.25, 0.3) is 5.91 Å². The minimum absolute atomic E-state index is 0.0189. The number of rotatable bonds is 5. The fourth-order valence-corrected chi connectivity index (χ4v) is 3.83. The van der Waals surface area contributed by atoms with E-state index in [0.29, 0.717) is 16.0 Å². The Labute approximate surface area is 173 Å². The number of fused-ring (bicyclic) bond motifs is 1. The van der Waals surface area contributed by atoms with E-state index in [0.717, 1.165) is 10.4 Å². The molecule has 2 aromatic carbocycles. The molecule has 30 heavy (non-hydrogen) atoms. The van der Waals surface area contributed by atoms with Gasteiger partial charge in [0.15, 0.2) is 5.58 Å². The monoisotopic (exact) mass is 425 g/mol. The molecule has 0 saturated heterocycles. The third kappa shape index (κ3) is 4.15. The molecule has 0 unspecified atom stereocenters. The van der Waals surface area contributed by atoms with Gasteiger partial charge in [-0.25, -0.2) is 9.18 Å². The lowest BCUT2D eigenvalue weighted by molar-refractivity contribution is -0.122. The number of aryl methyl sites for hydroxylation is 1. The summed E-state index contributed by atoms with van der Waals surface area (Å²) >= 11 is 1.22. The van der Waals surface area contributed by atoms with Crippen molar-refractivity contribution >= 4 is 34.3 Å². The molecule has 2 N–H and O–H groups in total. The number of oxazole rings is 1. The van der Waals surface area contributed by atoms with Crippen molar-refractivity contribution in [3.63, 3.8) is 0 Å². The molecule has 0 saturated carbocycles. The molecule has 0 spiro atoms. The first-order chi connectivity index (χ1) is 14.5. The molecule has 152 valence electrons. The SMILES string of the molecule is O=C(CCn1c(=O)oc2ccccc21)NNC(=O)c1ccc(-c2ccc(F)cc2)s1. The van der Waals surface area contributed by atoms with E-state index in [2.05, 4.69) is 10.9 Å². The molecule has 9 heteroatoms. The first-order valence-electron chi connectivity index (χ1n) is 9.04. The van der Waals surface area contributed by atoms with Gasteiger partial charge in [0.05, 0.1) is 10.4 Å². The summed E-state index contributed by atoms with van der Waals surface area (Å²) < 4.78 is 19.5. The van der Waals surface area contributed by atoms with E-state index in [-0.39, 0.29) is 18.8 Å². The van der Waals surface area contributed by atoms with Crippen LogP contribution in [0.5, 0.6) is 0 Å². The largest absolute Gasteiger partial charge is 0.419 e. The maximum Gasteiger partial charge on any atom is 0.419 e. The number of carbonyl (C=O) groups is 2. The van der Waals surface area contributed by atoms with E-state index in [1.54, 1.807) is 48.5 Å². The Balaban J connectivity index is 1.33. The maximum atomic E-state index is 13.0. The molecule has 0 aliphatic heterocycles. The van der Waals surface area contributed by atoms with Crippen LogP contribution >= 0.6 is 11.3 Å². The van der Waals surface area contributed by atoms with E-state index < -0.39 is 17.6 Å². The van der Waals surface area contributed by atoms with E-state index >= 15 is 0 Å². The van der Waals surface area contributed by atoms with Gasteiger partial charge in [0.1, 0.15) is 5.82 Å². The number of halogens is 1. The summed E-state index contributed by atoms with van der Waals surface area (Å²) in [4.78, 5) is 37.5. The molecule has 4 rings (SSSR count). The third-order valence-electron chi connectivity index (χ3n) is 4.41. The zero-order valence-electron chi connectivity index (χ0n) is 15.6. The number of para-hydroxylation sites is 2. The molecule has 0 aliphatic carbocycles. The summed E-state index contributed by atoms with van der Waals surface area (Å²) in [6.07, 6.45) is -0.0189. The van der Waals surface area contributed by atoms with Crippen LogP contribution in [-0.4, -0.2) is 16.4 Å². The van der Waals surface area contributed by atoms with Crippen LogP contribution < -0.4 is 16.6 Å². The molecule has 2 amide bonds. The van der Waals surface area contributed by atoms with Gasteiger partial charge in [-0.2, -0.15) is 0 Å². The summed E-state index contributed by atoms with van der Waals surface area (Å²) in [6.45, 7) is 0.116. The van der Waals surface area contributed by atoms with Crippen molar-refractivity contribution in [2.24, 2.45) is 0 Å². The average molecular weight is 425 g/mol. The van der Waals surface area contributed by atoms with Crippen molar-refractivity contribution in [2.45, 2.75) is 13.0 Å². The lowest BCUT2D eigenvalue weighted by Crippen LogP contribution is -2.41. The van der Waals surface area contributed by atoms with Crippen molar-refractivity contribution < 1.29 is 18.4 Å². The van der Waals surface area contributed by atoms with Gasteiger partial charge in [-0.05, 0) is 42.0 Å². The topological polar surface area (TPSA) is 93.3 Å². The highest BCUT2D eigenvalue weighted by Gasteiger charge is 2.13. The van der Waals surface area contributed by atoms with E-state index in [4.69, 9.17) is 4.42 Å². The molecule has 2 heterocycles. The normalized spacial score (nSPS) is 10.8. The number of nitrogens with one attached hydrogen (secondary N) is 2. The molecule has 0 fully saturated rings. The van der Waals surface area contributed by atoms with Crippen LogP contribution in [0.1, 0.15) is 16.1 Å². The van der Waals surface area contributed by atoms with Crippen molar-refractivity contribution in [3.05, 3.63) is 81.9 Å². The molecule has 0 radical (unpaired) electrons. The second-order valence-corrected chi connectivity index (χ2v) is 7.49. The Morgan fingerprint density at radius 2 is 1.77 bits per heavy atom. The number of hydrogen-bond donors (Lipinski definition) is 2. The number of carbonyl (C=O) groups excluding carboxylic acids is 2. The molecular weight excluding hydrogens is 409 g/mol. The highest BCUT2D eigenvalue weighted by Crippen LogP contribution is 2.28. The minimum Gasteiger partial charge on any atom is -0.408 e. The Hall–Kier alpha value is -3.72. The molecule has 0 bridgehead atoms. The van der Waals surface area contributed by atoms with Gasteiger partial charge < -0.3 is 4.42 Å². The van der Waals surface area contributed by atoms with Crippen molar-refractivity contribution in [3.8, 4) is 10.4 Å². The second kappa shape index (κ2) is 8.34. The molecule has 0 aliphatic rings. The lowest BCUT2D eigenvalue weighted by atomic mass is 10.2. The van der Waals surface area contributed by atoms with Crippen LogP contribution in [-0.2, 0) is 11.3 Å². The van der Waals surface area contributed by atoms with Gasteiger partial charge in [0, 0.05) is 17.8 Å². The van der Waals surface area contributed by atoms with Crippen LogP contribution in [0.2, 0.25) is 0 Å². The van der Waals surface area contributed by atoms with Crippen molar-refractivity contribution in [2.75, 3.05) is 0 Å². The Morgan fingerprint density at radius 1 is 1.00 bits per heavy atom. The summed E-state index contributed by atoms with van der Waals surface area (Å²) in [7, 11) is 0. The van der Waals surface area contributed by atoms with Crippen LogP contribution in [0.3, 0.4) is 0 Å². The number of amides is 2. The number of hydrogen-bond acceptors (Lipinski definition) is 5. The predicted octanol–water partition coefficient (Wildman–Crippen LogP) is 3.31. The number of hydrazine groups is 1. The number of nitrogens with zero attached hydrogens (tertiary/aromatic N) is 1. The summed E-state index contributed by atoms with van der Waals surface area (Å²) in [5.74, 6) is -1.79. The third-order valence-corrected chi connectivity index (χ3v) is 5.54. The first-order valence-corrected chi connectivity index (χ1v) is 9.86. The molecule has 2 aromatic heterocycles. The van der Waals surface area contributed by atoms with Crippen molar-refractivity contribution in [1.82, 2.24) is 15.4 Å². The minimum atomic E-state index is -0.542. The summed E-state index contributed by atoms with van der Waals surface area (Å²) in [5, 5.41) is 0. The zero-order valence-corrected chi connectivity index (χ0v) is 16.4. The average Bonchev–Trinajstić information content (AvgIpc) is 3.35. The zero-order chi connectivity index (χ0) is 21.1. The maximum absolute atomic E-state index is 13.0. The number of aromatic nitrogens is 1. The highest BCUT2D eigenvalue weighted by molar-refractivity contribution is 7.17. The standard InChI is InChI=1S/C21H16FN3O4S/c22-14-7-5-13(6-8-14)17-9-10-18(30-17)20(27)24-23-19(26)11-12-25-15-3-1-2-4-16(15)29-21(25)28/h1-10H,11-12H2,(H,23,26)(H,24,27). The molecular formula is C21H16FN3O4S. The Bertz CT molecular complexity index is 1270. The summed E-state index contributed by atoms with van der Waals surface area (Å²) in [5.41, 5.74) is 6.54. The van der Waals surface area contributed by atoms with Crippen LogP contribution in [0, 0.1) is 5.82 Å². The van der Waals surface area contributed by atoms with E-state index in [1.807, 2.05) is 0 Å². The molecule has 4 aromatic rings. The lowest BCUT2D eigenvalue weighted by Gasteiger charge is -2.06. The smallest absolute Gasteiger partial charge is 0.408 e. The highest BCUT2D eigenvalue weighted by atomic mass is 32.1. The fourth-order valence-electron chi connectivity index (χ4n) is 2.92. The quantitative estimate of drug-likeness (QED) is 0.480. The predicted molar refractivity (Wildman–Crippen MR) is 110 cm³/mol. The van der Waals surface area contributed by atoms with Crippen LogP contribution in [0.25, 0.3) is 21.5 Å². The van der Waals surface area contributed by atoms with Gasteiger partial charge >= 0.3 is 5.76 Å². The Kier molecular flexibility index (Phi) is 5.44. The summed E-state index contributed by atoms with van der Waals surface area (Å²) in [6, 6.07) is 16.3. The van der Waals surface area contributed by atoms with Crippen LogP contribution in [0.4, 0.5) is 4.39 Å². The van der Waals surface area contributed by atoms with Crippen LogP contribution in [0.15, 0.2) is 69.9 Å². The molecule has 0 atom stereocenters. The van der Waals surface area contributed by atoms with Crippen molar-refractivity contribution in [1.29, 1.82) is 0 Å². The first kappa shape index (κ1) is 19.6.